The predicted octanol–water partition coefficient (Wildman–Crippen LogP) is 2.86. The topological polar surface area (TPSA) is 38.3 Å². The molecule has 0 spiro atoms. The maximum atomic E-state index is 11.8. The van der Waals surface area contributed by atoms with E-state index in [0.29, 0.717) is 25.5 Å². The van der Waals surface area contributed by atoms with Crippen LogP contribution in [0.1, 0.15) is 51.9 Å². The molecule has 0 aromatic carbocycles. The summed E-state index contributed by atoms with van der Waals surface area (Å²) < 4.78 is 5.31. The molecule has 0 aliphatic carbocycles. The van der Waals surface area contributed by atoms with Gasteiger partial charge in [0.25, 0.3) is 0 Å². The summed E-state index contributed by atoms with van der Waals surface area (Å²) in [6, 6.07) is 0. The number of carbonyl (C=O) groups excluding carboxylic acids is 1. The van der Waals surface area contributed by atoms with E-state index in [1.54, 1.807) is 0 Å². The van der Waals surface area contributed by atoms with Crippen molar-refractivity contribution in [2.45, 2.75) is 57.4 Å². The molecular formula is C13H24ClNO2. The minimum Gasteiger partial charge on any atom is -0.381 e. The Bertz CT molecular complexity index is 227. The van der Waals surface area contributed by atoms with E-state index >= 15 is 0 Å². The number of hydrogen-bond acceptors (Lipinski definition) is 2. The third-order valence-electron chi connectivity index (χ3n) is 3.37. The zero-order valence-corrected chi connectivity index (χ0v) is 11.5. The van der Waals surface area contributed by atoms with Crippen molar-refractivity contribution in [2.24, 2.45) is 0 Å². The number of unbranched alkanes of at least 4 members (excludes halogenated alkanes) is 3. The highest BCUT2D eigenvalue weighted by Crippen LogP contribution is 2.22. The molecule has 4 heteroatoms. The lowest BCUT2D eigenvalue weighted by molar-refractivity contribution is -0.124. The van der Waals surface area contributed by atoms with Gasteiger partial charge in [0.15, 0.2) is 0 Å². The number of alkyl halides is 1. The van der Waals surface area contributed by atoms with Gasteiger partial charge < -0.3 is 10.1 Å². The van der Waals surface area contributed by atoms with Gasteiger partial charge in [-0.3, -0.25) is 4.79 Å². The highest BCUT2D eigenvalue weighted by atomic mass is 35.5. The van der Waals surface area contributed by atoms with Crippen molar-refractivity contribution in [3.63, 3.8) is 0 Å². The molecule has 0 radical (unpaired) electrons. The number of hydrogen-bond donors (Lipinski definition) is 1. The second-order valence-corrected chi connectivity index (χ2v) is 5.15. The molecule has 100 valence electrons. The van der Waals surface area contributed by atoms with Gasteiger partial charge in [-0.15, -0.1) is 11.6 Å². The Kier molecular flexibility index (Phi) is 6.90. The molecule has 0 atom stereocenters. The molecule has 0 bridgehead atoms. The third-order valence-corrected chi connectivity index (χ3v) is 3.88. The summed E-state index contributed by atoms with van der Waals surface area (Å²) >= 11 is 5.99. The summed E-state index contributed by atoms with van der Waals surface area (Å²) in [7, 11) is 0. The SMILES string of the molecule is CCCCCCC(=O)NC1(CCl)CCOCC1. The van der Waals surface area contributed by atoms with E-state index in [0.717, 1.165) is 25.7 Å². The molecule has 0 aromatic rings. The molecule has 1 heterocycles. The molecule has 0 unspecified atom stereocenters. The molecule has 1 rings (SSSR count). The van der Waals surface area contributed by atoms with Gasteiger partial charge in [0.2, 0.25) is 5.91 Å². The van der Waals surface area contributed by atoms with E-state index in [-0.39, 0.29) is 11.4 Å². The van der Waals surface area contributed by atoms with E-state index < -0.39 is 0 Å². The van der Waals surface area contributed by atoms with Crippen molar-refractivity contribution in [1.29, 1.82) is 0 Å². The van der Waals surface area contributed by atoms with Crippen LogP contribution < -0.4 is 5.32 Å². The van der Waals surface area contributed by atoms with E-state index in [1.165, 1.54) is 12.8 Å². The fourth-order valence-corrected chi connectivity index (χ4v) is 2.46. The minimum atomic E-state index is -0.221. The van der Waals surface area contributed by atoms with E-state index in [4.69, 9.17) is 16.3 Å². The second kappa shape index (κ2) is 7.93. The van der Waals surface area contributed by atoms with Crippen LogP contribution in [0, 0.1) is 0 Å². The monoisotopic (exact) mass is 261 g/mol. The summed E-state index contributed by atoms with van der Waals surface area (Å²) in [4.78, 5) is 11.8. The Morgan fingerprint density at radius 2 is 2.00 bits per heavy atom. The van der Waals surface area contributed by atoms with Gasteiger partial charge in [-0.05, 0) is 19.3 Å². The molecule has 1 aliphatic heterocycles. The van der Waals surface area contributed by atoms with E-state index in [2.05, 4.69) is 12.2 Å². The lowest BCUT2D eigenvalue weighted by Gasteiger charge is -2.36. The van der Waals surface area contributed by atoms with Gasteiger partial charge in [-0.1, -0.05) is 26.2 Å². The summed E-state index contributed by atoms with van der Waals surface area (Å²) in [5.41, 5.74) is -0.221. The highest BCUT2D eigenvalue weighted by molar-refractivity contribution is 6.18. The molecule has 0 aromatic heterocycles. The fraction of sp³-hybridized carbons (Fsp3) is 0.923. The Balaban J connectivity index is 2.27. The molecule has 0 saturated carbocycles. The molecular weight excluding hydrogens is 238 g/mol. The second-order valence-electron chi connectivity index (χ2n) is 4.89. The number of carbonyl (C=O) groups is 1. The first-order valence-corrected chi connectivity index (χ1v) is 7.20. The highest BCUT2D eigenvalue weighted by Gasteiger charge is 2.32. The average molecular weight is 262 g/mol. The van der Waals surface area contributed by atoms with Crippen LogP contribution in [-0.4, -0.2) is 30.5 Å². The molecule has 17 heavy (non-hydrogen) atoms. The first kappa shape index (κ1) is 14.8. The Labute approximate surface area is 109 Å². The van der Waals surface area contributed by atoms with Crippen molar-refractivity contribution >= 4 is 17.5 Å². The van der Waals surface area contributed by atoms with Crippen molar-refractivity contribution in [1.82, 2.24) is 5.32 Å². The van der Waals surface area contributed by atoms with Gasteiger partial charge in [-0.2, -0.15) is 0 Å². The summed E-state index contributed by atoms with van der Waals surface area (Å²) in [6.07, 6.45) is 6.82. The van der Waals surface area contributed by atoms with Crippen LogP contribution in [0.15, 0.2) is 0 Å². The predicted molar refractivity (Wildman–Crippen MR) is 70.4 cm³/mol. The normalized spacial score (nSPS) is 18.9. The first-order chi connectivity index (χ1) is 8.22. The van der Waals surface area contributed by atoms with Gasteiger partial charge in [0, 0.05) is 25.5 Å². The molecule has 1 N–H and O–H groups in total. The van der Waals surface area contributed by atoms with Gasteiger partial charge in [0.05, 0.1) is 5.54 Å². The molecule has 1 saturated heterocycles. The fourth-order valence-electron chi connectivity index (χ4n) is 2.12. The maximum absolute atomic E-state index is 11.8. The van der Waals surface area contributed by atoms with Crippen LogP contribution in [-0.2, 0) is 9.53 Å². The van der Waals surface area contributed by atoms with Crippen molar-refractivity contribution in [2.75, 3.05) is 19.1 Å². The van der Waals surface area contributed by atoms with Crippen LogP contribution in [0.5, 0.6) is 0 Å². The van der Waals surface area contributed by atoms with Gasteiger partial charge >= 0.3 is 0 Å². The van der Waals surface area contributed by atoms with Crippen LogP contribution in [0.2, 0.25) is 0 Å². The van der Waals surface area contributed by atoms with Gasteiger partial charge in [-0.25, -0.2) is 0 Å². The first-order valence-electron chi connectivity index (χ1n) is 6.67. The molecule has 1 fully saturated rings. The summed E-state index contributed by atoms with van der Waals surface area (Å²) in [5, 5.41) is 3.11. The largest absolute Gasteiger partial charge is 0.381 e. The van der Waals surface area contributed by atoms with Crippen LogP contribution in [0.25, 0.3) is 0 Å². The lowest BCUT2D eigenvalue weighted by atomic mass is 9.92. The van der Waals surface area contributed by atoms with E-state index in [9.17, 15) is 4.79 Å². The lowest BCUT2D eigenvalue weighted by Crippen LogP contribution is -2.53. The number of rotatable bonds is 7. The minimum absolute atomic E-state index is 0.142. The van der Waals surface area contributed by atoms with Crippen molar-refractivity contribution in [3.8, 4) is 0 Å². The third kappa shape index (κ3) is 5.26. The van der Waals surface area contributed by atoms with E-state index in [1.807, 2.05) is 0 Å². The summed E-state index contributed by atoms with van der Waals surface area (Å²) in [5.74, 6) is 0.625. The quantitative estimate of drug-likeness (QED) is 0.565. The average Bonchev–Trinajstić information content (AvgIpc) is 2.36. The Morgan fingerprint density at radius 1 is 1.29 bits per heavy atom. The number of nitrogens with one attached hydrogen (secondary N) is 1. The summed E-state index contributed by atoms with van der Waals surface area (Å²) in [6.45, 7) is 3.57. The number of halogens is 1. The molecule has 3 nitrogen and oxygen atoms in total. The van der Waals surface area contributed by atoms with Gasteiger partial charge in [0.1, 0.15) is 0 Å². The zero-order valence-electron chi connectivity index (χ0n) is 10.8. The maximum Gasteiger partial charge on any atom is 0.220 e. The van der Waals surface area contributed by atoms with Crippen LogP contribution >= 0.6 is 11.6 Å². The molecule has 1 amide bonds. The Hall–Kier alpha value is -0.280. The van der Waals surface area contributed by atoms with Crippen LogP contribution in [0.3, 0.4) is 0 Å². The molecule has 1 aliphatic rings. The Morgan fingerprint density at radius 3 is 2.59 bits per heavy atom. The number of amides is 1. The van der Waals surface area contributed by atoms with Crippen LogP contribution in [0.4, 0.5) is 0 Å². The van der Waals surface area contributed by atoms with Crippen molar-refractivity contribution < 1.29 is 9.53 Å². The number of ether oxygens (including phenoxy) is 1. The zero-order chi connectivity index (χ0) is 12.6. The smallest absolute Gasteiger partial charge is 0.220 e. The standard InChI is InChI=1S/C13H24ClNO2/c1-2-3-4-5-6-12(16)15-13(11-14)7-9-17-10-8-13/h2-11H2,1H3,(H,15,16). The van der Waals surface area contributed by atoms with Crippen molar-refractivity contribution in [3.05, 3.63) is 0 Å².